The number of nitrogens with two attached hydrogens (primary N) is 2. The summed E-state index contributed by atoms with van der Waals surface area (Å²) in [6, 6.07) is 8.70. The molecule has 3 aliphatic rings. The Morgan fingerprint density at radius 3 is 2.48 bits per heavy atom. The molecule has 0 saturated heterocycles. The quantitative estimate of drug-likeness (QED) is 0.110. The van der Waals surface area contributed by atoms with Crippen LogP contribution in [0.15, 0.2) is 42.4 Å². The lowest BCUT2D eigenvalue weighted by atomic mass is 9.49. The maximum atomic E-state index is 14.2. The van der Waals surface area contributed by atoms with Crippen LogP contribution in [0.5, 0.6) is 0 Å². The number of rotatable bonds is 9. The third-order valence-electron chi connectivity index (χ3n) is 9.32. The molecule has 0 unspecified atom stereocenters. The molecule has 6 rings (SSSR count). The van der Waals surface area contributed by atoms with E-state index in [4.69, 9.17) is 16.3 Å². The first-order valence-electron chi connectivity index (χ1n) is 15.0. The van der Waals surface area contributed by atoms with Crippen LogP contribution in [0.25, 0.3) is 10.9 Å². The normalized spacial score (nSPS) is 20.0. The van der Waals surface area contributed by atoms with E-state index in [-0.39, 0.29) is 45.2 Å². The Morgan fingerprint density at radius 2 is 1.93 bits per heavy atom. The van der Waals surface area contributed by atoms with Gasteiger partial charge < -0.3 is 25.9 Å². The third-order valence-corrected chi connectivity index (χ3v) is 9.32. The van der Waals surface area contributed by atoms with E-state index in [1.807, 2.05) is 27.7 Å². The number of hydrazine groups is 1. The molecule has 2 atom stereocenters. The molecule has 46 heavy (non-hydrogen) atoms. The Balaban J connectivity index is 1.76. The van der Waals surface area contributed by atoms with Gasteiger partial charge in [-0.2, -0.15) is 14.9 Å². The molecular weight excluding hydrogens is 589 g/mol. The number of nitrogens with one attached hydrogen (secondary N) is 1. The number of aromatic nitrogens is 2. The fraction of sp³-hybridized carbons (Fsp3) is 0.424. The predicted octanol–water partition coefficient (Wildman–Crippen LogP) is 4.83. The summed E-state index contributed by atoms with van der Waals surface area (Å²) in [6.45, 7) is 8.75. The van der Waals surface area contributed by atoms with E-state index < -0.39 is 24.9 Å². The molecule has 2 heterocycles. The minimum atomic E-state index is -1.16. The molecule has 3 aromatic rings. The number of aryl methyl sites for hydroxylation is 1. The second-order valence-corrected chi connectivity index (χ2v) is 13.3. The van der Waals surface area contributed by atoms with Crippen LogP contribution in [0, 0.1) is 46.9 Å². The monoisotopic (exact) mass is 627 g/mol. The van der Waals surface area contributed by atoms with Crippen molar-refractivity contribution in [2.75, 3.05) is 17.0 Å². The van der Waals surface area contributed by atoms with Crippen molar-refractivity contribution in [1.29, 1.82) is 10.5 Å². The first kappa shape index (κ1) is 32.4. The number of aliphatic hydroxyl groups excluding tert-OH is 1. The lowest BCUT2D eigenvalue weighted by Gasteiger charge is -2.65. The molecule has 3 fully saturated rings. The molecule has 2 aromatic heterocycles. The molecular formula is C33H38FN9O3. The molecule has 3 saturated carbocycles. The molecule has 0 radical (unpaired) electrons. The van der Waals surface area contributed by atoms with Crippen molar-refractivity contribution < 1.29 is 19.0 Å². The fourth-order valence-corrected chi connectivity index (χ4v) is 6.08. The van der Waals surface area contributed by atoms with E-state index in [0.29, 0.717) is 28.1 Å². The Bertz CT molecular complexity index is 1790. The van der Waals surface area contributed by atoms with Gasteiger partial charge in [-0.05, 0) is 62.6 Å². The van der Waals surface area contributed by atoms with Crippen LogP contribution in [0.2, 0.25) is 0 Å². The number of nitrogens with zero attached hydrogens (tertiary/aromatic N) is 6. The number of carbonyl (C=O) groups is 1. The van der Waals surface area contributed by atoms with E-state index in [2.05, 4.69) is 27.4 Å². The van der Waals surface area contributed by atoms with E-state index in [1.54, 1.807) is 24.2 Å². The van der Waals surface area contributed by atoms with Crippen LogP contribution in [-0.4, -0.2) is 44.6 Å². The van der Waals surface area contributed by atoms with Gasteiger partial charge in [-0.1, -0.05) is 26.8 Å². The number of halogens is 1. The van der Waals surface area contributed by atoms with Gasteiger partial charge in [-0.25, -0.2) is 15.6 Å². The smallest absolute Gasteiger partial charge is 0.417 e. The summed E-state index contributed by atoms with van der Waals surface area (Å²) < 4.78 is 19.3. The predicted molar refractivity (Wildman–Crippen MR) is 170 cm³/mol. The Kier molecular flexibility index (Phi) is 8.51. The zero-order chi connectivity index (χ0) is 33.6. The Labute approximate surface area is 267 Å². The summed E-state index contributed by atoms with van der Waals surface area (Å²) in [5.41, 5.74) is 8.28. The van der Waals surface area contributed by atoms with Gasteiger partial charge in [0, 0.05) is 35.1 Å². The lowest BCUT2D eigenvalue weighted by Crippen LogP contribution is -2.68. The van der Waals surface area contributed by atoms with Gasteiger partial charge in [0.15, 0.2) is 6.79 Å². The summed E-state index contributed by atoms with van der Waals surface area (Å²) in [4.78, 5) is 23.3. The van der Waals surface area contributed by atoms with Crippen LogP contribution in [0.4, 0.5) is 20.6 Å². The van der Waals surface area contributed by atoms with Gasteiger partial charge in [0.25, 0.3) is 0 Å². The molecule has 0 aliphatic heterocycles. The minimum absolute atomic E-state index is 0.106. The summed E-state index contributed by atoms with van der Waals surface area (Å²) in [7, 11) is 0. The maximum absolute atomic E-state index is 14.2. The van der Waals surface area contributed by atoms with E-state index in [0.717, 1.165) is 30.2 Å². The fourth-order valence-electron chi connectivity index (χ4n) is 6.08. The van der Waals surface area contributed by atoms with Gasteiger partial charge in [0.2, 0.25) is 5.95 Å². The topological polar surface area (TPSA) is 190 Å². The highest BCUT2D eigenvalue weighted by molar-refractivity contribution is 6.01. The standard InChI is InChI=1S/C33H38FN9O3/c1-18-24(6-7-27(34)40-18)30(26(37)16-42(38)33-10-20(11-33)12-33)43(31(45)46-17-44)23-8-21(13-35)28-25(9-23)29(22(14-36)15-39-28)41-19(2)32(3,4)5/h6-9,15-16,19-20,30,44H,10-12,17,37-38H2,1-5H3,(H,39,41)/b26-16-/t19-,20?,30+,33?/m1/s1. The highest BCUT2D eigenvalue weighted by Gasteiger charge is 2.59. The molecule has 0 spiro atoms. The number of amides is 1. The average molecular weight is 628 g/mol. The second-order valence-electron chi connectivity index (χ2n) is 13.3. The summed E-state index contributed by atoms with van der Waals surface area (Å²) in [6.07, 6.45) is 4.74. The number of nitriles is 2. The molecule has 2 bridgehead atoms. The molecule has 12 nitrogen and oxygen atoms in total. The molecule has 3 aliphatic carbocycles. The van der Waals surface area contributed by atoms with Crippen LogP contribution in [-0.2, 0) is 4.74 Å². The Morgan fingerprint density at radius 1 is 1.26 bits per heavy atom. The third kappa shape index (κ3) is 5.75. The number of benzene rings is 1. The number of pyridine rings is 2. The number of hydrogen-bond donors (Lipinski definition) is 4. The van der Waals surface area contributed by atoms with Crippen molar-refractivity contribution in [3.05, 3.63) is 70.7 Å². The summed E-state index contributed by atoms with van der Waals surface area (Å²) in [5, 5.41) is 35.3. The largest absolute Gasteiger partial charge is 0.422 e. The first-order valence-corrected chi connectivity index (χ1v) is 15.0. The van der Waals surface area contributed by atoms with Crippen molar-refractivity contribution in [3.8, 4) is 12.1 Å². The van der Waals surface area contributed by atoms with E-state index >= 15 is 0 Å². The van der Waals surface area contributed by atoms with E-state index in [9.17, 15) is 24.8 Å². The first-order chi connectivity index (χ1) is 21.7. The van der Waals surface area contributed by atoms with Crippen LogP contribution < -0.4 is 21.8 Å². The summed E-state index contributed by atoms with van der Waals surface area (Å²) in [5.74, 6) is 6.40. The number of hydrogen-bond acceptors (Lipinski definition) is 11. The SMILES string of the molecule is Cc1nc(F)ccc1[C@@H](/C(N)=C/N(N)C12CC(C1)C2)N(C(=O)OCO)c1cc(C#N)c2ncc(C#N)c(N[C@H](C)C(C)(C)C)c2c1. The van der Waals surface area contributed by atoms with Crippen molar-refractivity contribution >= 4 is 28.4 Å². The lowest BCUT2D eigenvalue weighted by molar-refractivity contribution is -0.124. The molecule has 13 heteroatoms. The van der Waals surface area contributed by atoms with Crippen molar-refractivity contribution in [2.45, 2.75) is 71.5 Å². The zero-order valence-electron chi connectivity index (χ0n) is 26.5. The van der Waals surface area contributed by atoms with Gasteiger partial charge in [0.1, 0.15) is 18.2 Å². The molecule has 1 amide bonds. The van der Waals surface area contributed by atoms with Crippen LogP contribution in [0.1, 0.15) is 75.4 Å². The highest BCUT2D eigenvalue weighted by atomic mass is 19.1. The van der Waals surface area contributed by atoms with Crippen molar-refractivity contribution in [2.24, 2.45) is 22.9 Å². The molecule has 1 aromatic carbocycles. The number of aliphatic hydroxyl groups is 1. The van der Waals surface area contributed by atoms with Crippen molar-refractivity contribution in [3.63, 3.8) is 0 Å². The number of anilines is 2. The highest BCUT2D eigenvalue weighted by Crippen LogP contribution is 2.60. The molecule has 6 N–H and O–H groups in total. The van der Waals surface area contributed by atoms with Gasteiger partial charge in [-0.15, -0.1) is 0 Å². The van der Waals surface area contributed by atoms with Gasteiger partial charge >= 0.3 is 6.09 Å². The van der Waals surface area contributed by atoms with Gasteiger partial charge in [-0.3, -0.25) is 9.88 Å². The second kappa shape index (κ2) is 12.1. The van der Waals surface area contributed by atoms with E-state index in [1.165, 1.54) is 18.3 Å². The maximum Gasteiger partial charge on any atom is 0.417 e. The molecule has 240 valence electrons. The van der Waals surface area contributed by atoms with Gasteiger partial charge in [0.05, 0.1) is 39.3 Å². The number of fused-ring (bicyclic) bond motifs is 1. The van der Waals surface area contributed by atoms with Crippen molar-refractivity contribution in [1.82, 2.24) is 15.0 Å². The minimum Gasteiger partial charge on any atom is -0.422 e. The van der Waals surface area contributed by atoms with Crippen LogP contribution in [0.3, 0.4) is 0 Å². The zero-order valence-corrected chi connectivity index (χ0v) is 26.5. The number of carbonyl (C=O) groups excluding carboxylic acids is 1. The number of ether oxygens (including phenoxy) is 1. The summed E-state index contributed by atoms with van der Waals surface area (Å²) >= 11 is 0. The average Bonchev–Trinajstić information content (AvgIpc) is 2.93. The van der Waals surface area contributed by atoms with Crippen LogP contribution >= 0.6 is 0 Å². The Hall–Kier alpha value is -4.98.